The summed E-state index contributed by atoms with van der Waals surface area (Å²) in [6.45, 7) is 6.47. The first-order valence-corrected chi connectivity index (χ1v) is 4.83. The number of aromatic nitrogens is 1. The third kappa shape index (κ3) is 2.44. The fourth-order valence-electron chi connectivity index (χ4n) is 1.13. The molecule has 0 amide bonds. The predicted molar refractivity (Wildman–Crippen MR) is 57.2 cm³/mol. The Hall–Kier alpha value is -1.05. The molecule has 0 aromatic carbocycles. The Balaban J connectivity index is 2.79. The van der Waals surface area contributed by atoms with Crippen LogP contribution in [0.5, 0.6) is 0 Å². The Morgan fingerprint density at radius 2 is 2.08 bits per heavy atom. The zero-order valence-electron chi connectivity index (χ0n) is 8.91. The monoisotopic (exact) mass is 178 g/mol. The van der Waals surface area contributed by atoms with Crippen LogP contribution in [0.15, 0.2) is 18.3 Å². The summed E-state index contributed by atoms with van der Waals surface area (Å²) >= 11 is 0. The molecule has 0 bridgehead atoms. The Kier molecular flexibility index (Phi) is 3.29. The van der Waals surface area contributed by atoms with Gasteiger partial charge in [-0.25, -0.2) is 0 Å². The molecule has 0 aliphatic rings. The first-order chi connectivity index (χ1) is 6.15. The summed E-state index contributed by atoms with van der Waals surface area (Å²) in [5.74, 6) is 0. The average Bonchev–Trinajstić information content (AvgIpc) is 2.17. The van der Waals surface area contributed by atoms with Crippen molar-refractivity contribution >= 4 is 5.69 Å². The van der Waals surface area contributed by atoms with E-state index in [1.165, 1.54) is 5.69 Å². The van der Waals surface area contributed by atoms with E-state index in [2.05, 4.69) is 49.8 Å². The molecule has 0 radical (unpaired) electrons. The van der Waals surface area contributed by atoms with Crippen molar-refractivity contribution < 1.29 is 0 Å². The van der Waals surface area contributed by atoms with Gasteiger partial charge in [0.15, 0.2) is 0 Å². The second-order valence-electron chi connectivity index (χ2n) is 3.57. The number of anilines is 1. The van der Waals surface area contributed by atoms with Gasteiger partial charge >= 0.3 is 0 Å². The molecule has 0 aliphatic heterocycles. The molecule has 1 aromatic rings. The van der Waals surface area contributed by atoms with Crippen LogP contribution in [-0.2, 0) is 6.42 Å². The summed E-state index contributed by atoms with van der Waals surface area (Å²) < 4.78 is 0. The quantitative estimate of drug-likeness (QED) is 0.707. The van der Waals surface area contributed by atoms with Gasteiger partial charge in [-0.15, -0.1) is 0 Å². The highest BCUT2D eigenvalue weighted by Gasteiger charge is 2.04. The highest BCUT2D eigenvalue weighted by molar-refractivity contribution is 5.44. The minimum Gasteiger partial charge on any atom is -0.371 e. The molecule has 0 atom stereocenters. The number of rotatable bonds is 3. The van der Waals surface area contributed by atoms with E-state index in [0.29, 0.717) is 6.04 Å². The summed E-state index contributed by atoms with van der Waals surface area (Å²) in [4.78, 5) is 6.57. The van der Waals surface area contributed by atoms with Crippen LogP contribution in [0.1, 0.15) is 26.5 Å². The van der Waals surface area contributed by atoms with E-state index in [1.807, 2.05) is 6.20 Å². The molecule has 0 saturated heterocycles. The van der Waals surface area contributed by atoms with Gasteiger partial charge in [-0.2, -0.15) is 0 Å². The zero-order valence-corrected chi connectivity index (χ0v) is 8.91. The van der Waals surface area contributed by atoms with Gasteiger partial charge in [0.05, 0.1) is 11.9 Å². The van der Waals surface area contributed by atoms with Crippen molar-refractivity contribution in [3.8, 4) is 0 Å². The second-order valence-corrected chi connectivity index (χ2v) is 3.57. The Morgan fingerprint density at radius 3 is 2.46 bits per heavy atom. The molecule has 1 aromatic heterocycles. The second kappa shape index (κ2) is 4.26. The van der Waals surface area contributed by atoms with Gasteiger partial charge < -0.3 is 4.90 Å². The predicted octanol–water partition coefficient (Wildman–Crippen LogP) is 2.49. The zero-order chi connectivity index (χ0) is 9.84. The normalized spacial score (nSPS) is 10.5. The van der Waals surface area contributed by atoms with Crippen LogP contribution in [0.3, 0.4) is 0 Å². The lowest BCUT2D eigenvalue weighted by Gasteiger charge is -2.23. The van der Waals surface area contributed by atoms with Crippen molar-refractivity contribution in [1.82, 2.24) is 4.98 Å². The number of hydrogen-bond donors (Lipinski definition) is 0. The summed E-state index contributed by atoms with van der Waals surface area (Å²) in [6, 6.07) is 4.74. The molecule has 0 fully saturated rings. The van der Waals surface area contributed by atoms with Crippen molar-refractivity contribution in [2.75, 3.05) is 11.9 Å². The topological polar surface area (TPSA) is 16.1 Å². The Bertz CT molecular complexity index is 251. The molecule has 0 N–H and O–H groups in total. The van der Waals surface area contributed by atoms with Crippen LogP contribution in [0, 0.1) is 0 Å². The molecule has 0 aliphatic carbocycles. The molecule has 0 saturated carbocycles. The van der Waals surface area contributed by atoms with Gasteiger partial charge in [-0.1, -0.05) is 6.92 Å². The molecule has 0 spiro atoms. The maximum absolute atomic E-state index is 4.36. The molecule has 1 heterocycles. The lowest BCUT2D eigenvalue weighted by Crippen LogP contribution is -2.25. The molecule has 72 valence electrons. The van der Waals surface area contributed by atoms with Gasteiger partial charge in [0, 0.05) is 18.8 Å². The molecular weight excluding hydrogens is 160 g/mol. The van der Waals surface area contributed by atoms with Gasteiger partial charge in [0.1, 0.15) is 0 Å². The van der Waals surface area contributed by atoms with E-state index < -0.39 is 0 Å². The summed E-state index contributed by atoms with van der Waals surface area (Å²) in [5.41, 5.74) is 2.34. The molecule has 2 nitrogen and oxygen atoms in total. The highest BCUT2D eigenvalue weighted by Crippen LogP contribution is 2.13. The van der Waals surface area contributed by atoms with Crippen LogP contribution in [0.4, 0.5) is 5.69 Å². The number of nitrogens with zero attached hydrogens (tertiary/aromatic N) is 2. The lowest BCUT2D eigenvalue weighted by molar-refractivity contribution is 0.752. The van der Waals surface area contributed by atoms with E-state index >= 15 is 0 Å². The largest absolute Gasteiger partial charge is 0.371 e. The number of aryl methyl sites for hydroxylation is 1. The maximum atomic E-state index is 4.36. The SMILES string of the molecule is CCc1ccc(N(C)C(C)C)cn1. The first kappa shape index (κ1) is 10.0. The van der Waals surface area contributed by atoms with Crippen LogP contribution < -0.4 is 4.90 Å². The van der Waals surface area contributed by atoms with Crippen LogP contribution >= 0.6 is 0 Å². The van der Waals surface area contributed by atoms with E-state index in [9.17, 15) is 0 Å². The Morgan fingerprint density at radius 1 is 1.38 bits per heavy atom. The first-order valence-electron chi connectivity index (χ1n) is 4.83. The summed E-state index contributed by atoms with van der Waals surface area (Å²) in [5, 5.41) is 0. The molecule has 0 unspecified atom stereocenters. The maximum Gasteiger partial charge on any atom is 0.0552 e. The van der Waals surface area contributed by atoms with Gasteiger partial charge in [-0.05, 0) is 32.4 Å². The summed E-state index contributed by atoms with van der Waals surface area (Å²) in [7, 11) is 2.09. The van der Waals surface area contributed by atoms with E-state index in [-0.39, 0.29) is 0 Å². The van der Waals surface area contributed by atoms with Crippen LogP contribution in [0.25, 0.3) is 0 Å². The molecule has 13 heavy (non-hydrogen) atoms. The number of pyridine rings is 1. The van der Waals surface area contributed by atoms with Crippen molar-refractivity contribution in [3.05, 3.63) is 24.0 Å². The summed E-state index contributed by atoms with van der Waals surface area (Å²) in [6.07, 6.45) is 2.95. The van der Waals surface area contributed by atoms with Gasteiger partial charge in [0.25, 0.3) is 0 Å². The van der Waals surface area contributed by atoms with Crippen molar-refractivity contribution in [2.45, 2.75) is 33.2 Å². The fourth-order valence-corrected chi connectivity index (χ4v) is 1.13. The van der Waals surface area contributed by atoms with Crippen molar-refractivity contribution in [3.63, 3.8) is 0 Å². The third-order valence-electron chi connectivity index (χ3n) is 2.35. The molecule has 1 rings (SSSR count). The van der Waals surface area contributed by atoms with Crippen LogP contribution in [0.2, 0.25) is 0 Å². The Labute approximate surface area is 80.6 Å². The average molecular weight is 178 g/mol. The van der Waals surface area contributed by atoms with Crippen molar-refractivity contribution in [1.29, 1.82) is 0 Å². The molecule has 2 heteroatoms. The van der Waals surface area contributed by atoms with E-state index in [4.69, 9.17) is 0 Å². The smallest absolute Gasteiger partial charge is 0.0552 e. The van der Waals surface area contributed by atoms with Gasteiger partial charge in [0.2, 0.25) is 0 Å². The minimum atomic E-state index is 0.522. The fraction of sp³-hybridized carbons (Fsp3) is 0.545. The van der Waals surface area contributed by atoms with E-state index in [0.717, 1.165) is 12.1 Å². The standard InChI is InChI=1S/C11H18N2/c1-5-10-6-7-11(8-12-10)13(4)9(2)3/h6-9H,5H2,1-4H3. The van der Waals surface area contributed by atoms with Crippen molar-refractivity contribution in [2.24, 2.45) is 0 Å². The van der Waals surface area contributed by atoms with E-state index in [1.54, 1.807) is 0 Å². The minimum absolute atomic E-state index is 0.522. The molecular formula is C11H18N2. The van der Waals surface area contributed by atoms with Crippen LogP contribution in [-0.4, -0.2) is 18.1 Å². The lowest BCUT2D eigenvalue weighted by atomic mass is 10.2. The highest BCUT2D eigenvalue weighted by atomic mass is 15.1. The number of hydrogen-bond acceptors (Lipinski definition) is 2. The van der Waals surface area contributed by atoms with Gasteiger partial charge in [-0.3, -0.25) is 4.98 Å². The third-order valence-corrected chi connectivity index (χ3v) is 2.35.